The highest BCUT2D eigenvalue weighted by molar-refractivity contribution is 6.04. The molecule has 0 aromatic heterocycles. The standard InChI is InChI=1S/C29H32N4O5/c1-18-12-21-23(30-16-19-6-3-8-32(19)28(21)34)14-25(18)37-10-5-11-38-27-15-24-22(13-26(27)36-2)29(35)33-9-4-7-20(33)17-31-24/h12-17,19-20H,3-11H2,1-2H3/t19-,20-/m0/s1. The van der Waals surface area contributed by atoms with E-state index in [-0.39, 0.29) is 23.9 Å². The lowest BCUT2D eigenvalue weighted by atomic mass is 10.1. The third-order valence-corrected chi connectivity index (χ3v) is 7.73. The zero-order chi connectivity index (χ0) is 26.2. The Morgan fingerprint density at radius 3 is 1.95 bits per heavy atom. The summed E-state index contributed by atoms with van der Waals surface area (Å²) < 4.78 is 17.6. The maximum atomic E-state index is 13.0. The van der Waals surface area contributed by atoms with Gasteiger partial charge < -0.3 is 24.0 Å². The van der Waals surface area contributed by atoms with Crippen LogP contribution in [-0.2, 0) is 0 Å². The van der Waals surface area contributed by atoms with Crippen molar-refractivity contribution < 1.29 is 23.8 Å². The van der Waals surface area contributed by atoms with Gasteiger partial charge in [0.1, 0.15) is 5.75 Å². The number of rotatable bonds is 7. The van der Waals surface area contributed by atoms with E-state index in [1.54, 1.807) is 19.2 Å². The van der Waals surface area contributed by atoms with Crippen molar-refractivity contribution in [1.29, 1.82) is 0 Å². The average Bonchev–Trinajstić information content (AvgIpc) is 3.55. The van der Waals surface area contributed by atoms with Gasteiger partial charge in [-0.2, -0.15) is 0 Å². The van der Waals surface area contributed by atoms with Crippen LogP contribution in [0.25, 0.3) is 0 Å². The van der Waals surface area contributed by atoms with Crippen molar-refractivity contribution in [2.24, 2.45) is 9.98 Å². The number of benzene rings is 2. The van der Waals surface area contributed by atoms with Crippen LogP contribution in [-0.4, -0.2) is 79.5 Å². The molecule has 4 aliphatic heterocycles. The molecule has 4 heterocycles. The van der Waals surface area contributed by atoms with Crippen molar-refractivity contribution in [3.63, 3.8) is 0 Å². The van der Waals surface area contributed by atoms with Crippen LogP contribution < -0.4 is 14.2 Å². The van der Waals surface area contributed by atoms with Crippen LogP contribution in [0.3, 0.4) is 0 Å². The Hall–Kier alpha value is -3.88. The molecule has 0 aliphatic carbocycles. The fourth-order valence-corrected chi connectivity index (χ4v) is 5.68. The predicted molar refractivity (Wildman–Crippen MR) is 144 cm³/mol. The molecule has 198 valence electrons. The molecule has 2 aromatic rings. The first kappa shape index (κ1) is 24.5. The summed E-state index contributed by atoms with van der Waals surface area (Å²) >= 11 is 0. The summed E-state index contributed by atoms with van der Waals surface area (Å²) in [5, 5.41) is 0. The van der Waals surface area contributed by atoms with Gasteiger partial charge in [0, 0.05) is 44.1 Å². The van der Waals surface area contributed by atoms with Crippen LogP contribution in [0, 0.1) is 6.92 Å². The third kappa shape index (κ3) is 4.40. The third-order valence-electron chi connectivity index (χ3n) is 7.73. The van der Waals surface area contributed by atoms with Crippen molar-refractivity contribution >= 4 is 35.6 Å². The second-order valence-electron chi connectivity index (χ2n) is 10.2. The molecule has 2 aromatic carbocycles. The Morgan fingerprint density at radius 1 is 0.789 bits per heavy atom. The largest absolute Gasteiger partial charge is 0.493 e. The van der Waals surface area contributed by atoms with Crippen molar-refractivity contribution in [2.45, 2.75) is 51.1 Å². The topological polar surface area (TPSA) is 93.0 Å². The molecule has 9 nitrogen and oxygen atoms in total. The summed E-state index contributed by atoms with van der Waals surface area (Å²) in [6.45, 7) is 4.32. The van der Waals surface area contributed by atoms with Gasteiger partial charge in [-0.15, -0.1) is 0 Å². The quantitative estimate of drug-likeness (QED) is 0.506. The number of hydrogen-bond acceptors (Lipinski definition) is 7. The summed E-state index contributed by atoms with van der Waals surface area (Å²) in [6.07, 6.45) is 8.30. The summed E-state index contributed by atoms with van der Waals surface area (Å²) in [4.78, 5) is 39.0. The van der Waals surface area contributed by atoms with E-state index in [4.69, 9.17) is 14.2 Å². The second-order valence-corrected chi connectivity index (χ2v) is 10.2. The van der Waals surface area contributed by atoms with Gasteiger partial charge in [-0.1, -0.05) is 0 Å². The van der Waals surface area contributed by atoms with Crippen LogP contribution in [0.15, 0.2) is 34.3 Å². The lowest BCUT2D eigenvalue weighted by Crippen LogP contribution is -2.35. The van der Waals surface area contributed by atoms with E-state index in [2.05, 4.69) is 9.98 Å². The molecular formula is C29H32N4O5. The van der Waals surface area contributed by atoms with Crippen molar-refractivity contribution in [1.82, 2.24) is 9.80 Å². The normalized spacial score (nSPS) is 21.4. The van der Waals surface area contributed by atoms with Gasteiger partial charge in [0.05, 0.1) is 54.9 Å². The minimum Gasteiger partial charge on any atom is -0.493 e. The lowest BCUT2D eigenvalue weighted by molar-refractivity contribution is 0.0766. The number of nitrogens with zero attached hydrogens (tertiary/aromatic N) is 4. The molecule has 9 heteroatoms. The van der Waals surface area contributed by atoms with Crippen LogP contribution in [0.5, 0.6) is 17.2 Å². The van der Waals surface area contributed by atoms with Gasteiger partial charge >= 0.3 is 0 Å². The van der Waals surface area contributed by atoms with Crippen LogP contribution in [0.2, 0.25) is 0 Å². The minimum absolute atomic E-state index is 0.0131. The number of aryl methyl sites for hydroxylation is 1. The fraction of sp³-hybridized carbons (Fsp3) is 0.448. The number of methoxy groups -OCH3 is 1. The Balaban J connectivity index is 1.09. The summed E-state index contributed by atoms with van der Waals surface area (Å²) in [5.74, 6) is 1.81. The number of ether oxygens (including phenoxy) is 3. The summed E-state index contributed by atoms with van der Waals surface area (Å²) in [5.41, 5.74) is 3.34. The summed E-state index contributed by atoms with van der Waals surface area (Å²) in [7, 11) is 1.57. The minimum atomic E-state index is -0.0131. The highest BCUT2D eigenvalue weighted by Crippen LogP contribution is 2.38. The number of carbonyl (C=O) groups excluding carboxylic acids is 2. The predicted octanol–water partition coefficient (Wildman–Crippen LogP) is 4.49. The molecule has 0 unspecified atom stereocenters. The number of fused-ring (bicyclic) bond motifs is 4. The fourth-order valence-electron chi connectivity index (χ4n) is 5.68. The van der Waals surface area contributed by atoms with Crippen LogP contribution in [0.1, 0.15) is 58.4 Å². The molecule has 6 rings (SSSR count). The first-order chi connectivity index (χ1) is 18.5. The maximum Gasteiger partial charge on any atom is 0.256 e. The smallest absolute Gasteiger partial charge is 0.256 e. The lowest BCUT2D eigenvalue weighted by Gasteiger charge is -2.20. The zero-order valence-electron chi connectivity index (χ0n) is 21.8. The van der Waals surface area contributed by atoms with Crippen LogP contribution >= 0.6 is 0 Å². The first-order valence-electron chi connectivity index (χ1n) is 13.4. The van der Waals surface area contributed by atoms with Gasteiger partial charge in [-0.05, 0) is 50.3 Å². The van der Waals surface area contributed by atoms with Gasteiger partial charge in [0.15, 0.2) is 11.5 Å². The van der Waals surface area contributed by atoms with Gasteiger partial charge in [-0.25, -0.2) is 0 Å². The monoisotopic (exact) mass is 516 g/mol. The van der Waals surface area contributed by atoms with Crippen molar-refractivity contribution in [3.8, 4) is 17.2 Å². The van der Waals surface area contributed by atoms with Crippen LogP contribution in [0.4, 0.5) is 11.4 Å². The van der Waals surface area contributed by atoms with Gasteiger partial charge in [0.25, 0.3) is 11.8 Å². The maximum absolute atomic E-state index is 13.0. The van der Waals surface area contributed by atoms with E-state index in [0.29, 0.717) is 59.4 Å². The second kappa shape index (κ2) is 10.1. The first-order valence-corrected chi connectivity index (χ1v) is 13.4. The average molecular weight is 517 g/mol. The molecule has 2 fully saturated rings. The Labute approximate surface area is 222 Å². The molecule has 0 saturated carbocycles. The molecule has 2 amide bonds. The highest BCUT2D eigenvalue weighted by atomic mass is 16.5. The van der Waals surface area contributed by atoms with E-state index in [1.165, 1.54) is 0 Å². The molecule has 4 aliphatic rings. The molecule has 0 radical (unpaired) electrons. The van der Waals surface area contributed by atoms with E-state index in [9.17, 15) is 9.59 Å². The number of amides is 2. The van der Waals surface area contributed by atoms with Crippen molar-refractivity contribution in [2.75, 3.05) is 33.4 Å². The van der Waals surface area contributed by atoms with E-state index in [1.807, 2.05) is 41.3 Å². The molecule has 2 saturated heterocycles. The van der Waals surface area contributed by atoms with Crippen molar-refractivity contribution in [3.05, 3.63) is 41.0 Å². The zero-order valence-corrected chi connectivity index (χ0v) is 21.8. The SMILES string of the molecule is COc1cc2c(cc1OCCCOc1cc3c(cc1C)C(=O)N1CCC[C@H]1C=N3)N=C[C@@H]1CCCN1C2=O. The molecule has 38 heavy (non-hydrogen) atoms. The molecule has 0 spiro atoms. The molecule has 2 atom stereocenters. The summed E-state index contributed by atoms with van der Waals surface area (Å²) in [6, 6.07) is 7.39. The van der Waals surface area contributed by atoms with E-state index >= 15 is 0 Å². The van der Waals surface area contributed by atoms with E-state index < -0.39 is 0 Å². The number of hydrogen-bond donors (Lipinski definition) is 0. The highest BCUT2D eigenvalue weighted by Gasteiger charge is 2.33. The van der Waals surface area contributed by atoms with Gasteiger partial charge in [-0.3, -0.25) is 19.6 Å². The molecule has 0 bridgehead atoms. The van der Waals surface area contributed by atoms with Gasteiger partial charge in [0.2, 0.25) is 0 Å². The Morgan fingerprint density at radius 2 is 1.34 bits per heavy atom. The Kier molecular flexibility index (Phi) is 6.51. The Bertz CT molecular complexity index is 1340. The van der Waals surface area contributed by atoms with E-state index in [0.717, 1.165) is 44.3 Å². The molecular weight excluding hydrogens is 484 g/mol. The molecule has 0 N–H and O–H groups in total. The number of carbonyl (C=O) groups is 2. The number of aliphatic imine (C=N–C) groups is 2.